The number of rotatable bonds is 5. The molecule has 0 aliphatic heterocycles. The van der Waals surface area contributed by atoms with E-state index < -0.39 is 5.69 Å². The molecule has 2 N–H and O–H groups in total. The van der Waals surface area contributed by atoms with Crippen LogP contribution >= 0.6 is 0 Å². The number of imidazole rings is 1. The predicted molar refractivity (Wildman–Crippen MR) is 105 cm³/mol. The summed E-state index contributed by atoms with van der Waals surface area (Å²) in [4.78, 5) is 35.2. The lowest BCUT2D eigenvalue weighted by molar-refractivity contribution is 0.0947. The van der Waals surface area contributed by atoms with Crippen molar-refractivity contribution in [3.8, 4) is 0 Å². The molecule has 0 aliphatic carbocycles. The molecule has 2 heterocycles. The predicted octanol–water partition coefficient (Wildman–Crippen LogP) is 2.32. The van der Waals surface area contributed by atoms with Crippen molar-refractivity contribution in [1.82, 2.24) is 24.8 Å². The SMILES string of the molecule is Cn1c(CCCNC(=O)c2cc(C(C)(C)C)[nH]c(=O)n2)nc2ccccc21. The first kappa shape index (κ1) is 18.8. The number of carbonyl (C=O) groups excluding carboxylic acids is 1. The quantitative estimate of drug-likeness (QED) is 0.677. The van der Waals surface area contributed by atoms with Crippen molar-refractivity contribution in [2.75, 3.05) is 6.54 Å². The van der Waals surface area contributed by atoms with Crippen LogP contribution < -0.4 is 11.0 Å². The Kier molecular flexibility index (Phi) is 5.12. The van der Waals surface area contributed by atoms with Crippen LogP contribution in [0.15, 0.2) is 35.1 Å². The third kappa shape index (κ3) is 4.24. The van der Waals surface area contributed by atoms with E-state index in [1.807, 2.05) is 52.1 Å². The Balaban J connectivity index is 1.60. The van der Waals surface area contributed by atoms with Gasteiger partial charge in [0.1, 0.15) is 11.5 Å². The fourth-order valence-electron chi connectivity index (χ4n) is 2.94. The van der Waals surface area contributed by atoms with Gasteiger partial charge in [-0.25, -0.2) is 9.78 Å². The highest BCUT2D eigenvalue weighted by atomic mass is 16.2. The Hall–Kier alpha value is -2.96. The number of hydrogen-bond acceptors (Lipinski definition) is 4. The molecule has 3 aromatic rings. The monoisotopic (exact) mass is 367 g/mol. The summed E-state index contributed by atoms with van der Waals surface area (Å²) in [6, 6.07) is 9.64. The van der Waals surface area contributed by atoms with E-state index in [1.54, 1.807) is 6.07 Å². The summed E-state index contributed by atoms with van der Waals surface area (Å²) in [5.41, 5.74) is 2.13. The number of nitrogens with zero attached hydrogens (tertiary/aromatic N) is 3. The number of aromatic amines is 1. The van der Waals surface area contributed by atoms with E-state index in [1.165, 1.54) is 0 Å². The maximum absolute atomic E-state index is 12.3. The first-order valence-electron chi connectivity index (χ1n) is 9.06. The van der Waals surface area contributed by atoms with Crippen molar-refractivity contribution in [2.45, 2.75) is 39.0 Å². The van der Waals surface area contributed by atoms with Crippen LogP contribution in [0.1, 0.15) is 49.2 Å². The zero-order valence-electron chi connectivity index (χ0n) is 16.2. The van der Waals surface area contributed by atoms with E-state index in [9.17, 15) is 9.59 Å². The van der Waals surface area contributed by atoms with Gasteiger partial charge in [0.15, 0.2) is 0 Å². The zero-order chi connectivity index (χ0) is 19.6. The average molecular weight is 367 g/mol. The molecule has 7 heteroatoms. The Bertz CT molecular complexity index is 1030. The van der Waals surface area contributed by atoms with Crippen LogP contribution in [-0.2, 0) is 18.9 Å². The van der Waals surface area contributed by atoms with Crippen LogP contribution in [0.3, 0.4) is 0 Å². The minimum atomic E-state index is -0.507. The van der Waals surface area contributed by atoms with Crippen LogP contribution in [0.5, 0.6) is 0 Å². The summed E-state index contributed by atoms with van der Waals surface area (Å²) in [6.45, 7) is 6.39. The number of aromatic nitrogens is 4. The van der Waals surface area contributed by atoms with Gasteiger partial charge in [0.05, 0.1) is 11.0 Å². The second-order valence-corrected chi connectivity index (χ2v) is 7.67. The highest BCUT2D eigenvalue weighted by molar-refractivity contribution is 5.92. The standard InChI is InChI=1S/C20H25N5O2/c1-20(2,3)16-12-14(23-19(27)24-16)18(26)21-11-7-10-17-22-13-8-5-6-9-15(13)25(17)4/h5-6,8-9,12H,7,10-11H2,1-4H3,(H,21,26)(H,23,24,27). The van der Waals surface area contributed by atoms with E-state index in [0.717, 1.165) is 29.7 Å². The molecule has 1 amide bonds. The van der Waals surface area contributed by atoms with Crippen molar-refractivity contribution in [2.24, 2.45) is 7.05 Å². The maximum atomic E-state index is 12.3. The van der Waals surface area contributed by atoms with Gasteiger partial charge >= 0.3 is 5.69 Å². The number of benzene rings is 1. The van der Waals surface area contributed by atoms with Crippen molar-refractivity contribution in [3.05, 3.63) is 58.0 Å². The van der Waals surface area contributed by atoms with E-state index >= 15 is 0 Å². The van der Waals surface area contributed by atoms with Crippen LogP contribution in [0.25, 0.3) is 11.0 Å². The third-order valence-corrected chi connectivity index (χ3v) is 4.53. The number of hydrogen-bond donors (Lipinski definition) is 2. The van der Waals surface area contributed by atoms with Crippen molar-refractivity contribution in [3.63, 3.8) is 0 Å². The molecule has 0 fully saturated rings. The Morgan fingerprint density at radius 1 is 1.22 bits per heavy atom. The fraction of sp³-hybridized carbons (Fsp3) is 0.400. The molecular formula is C20H25N5O2. The van der Waals surface area contributed by atoms with Crippen LogP contribution in [-0.4, -0.2) is 32.0 Å². The first-order chi connectivity index (χ1) is 12.8. The molecular weight excluding hydrogens is 342 g/mol. The summed E-state index contributed by atoms with van der Waals surface area (Å²) in [7, 11) is 2.00. The van der Waals surface area contributed by atoms with Gasteiger partial charge in [0.2, 0.25) is 0 Å². The van der Waals surface area contributed by atoms with Crippen molar-refractivity contribution < 1.29 is 4.79 Å². The molecule has 0 unspecified atom stereocenters. The highest BCUT2D eigenvalue weighted by Gasteiger charge is 2.18. The number of fused-ring (bicyclic) bond motifs is 1. The summed E-state index contributed by atoms with van der Waals surface area (Å²) in [5, 5.41) is 2.84. The van der Waals surface area contributed by atoms with E-state index in [-0.39, 0.29) is 17.0 Å². The molecule has 3 rings (SSSR count). The molecule has 0 aliphatic rings. The van der Waals surface area contributed by atoms with E-state index in [4.69, 9.17) is 0 Å². The Labute approximate surface area is 157 Å². The summed E-state index contributed by atoms with van der Waals surface area (Å²) in [5.74, 6) is 0.645. The molecule has 0 bridgehead atoms. The van der Waals surface area contributed by atoms with Gasteiger partial charge in [0, 0.05) is 31.1 Å². The highest BCUT2D eigenvalue weighted by Crippen LogP contribution is 2.19. The maximum Gasteiger partial charge on any atom is 0.345 e. The van der Waals surface area contributed by atoms with Crippen molar-refractivity contribution in [1.29, 1.82) is 0 Å². The third-order valence-electron chi connectivity index (χ3n) is 4.53. The molecule has 0 saturated carbocycles. The topological polar surface area (TPSA) is 92.7 Å². The van der Waals surface area contributed by atoms with Gasteiger partial charge in [-0.2, -0.15) is 4.98 Å². The lowest BCUT2D eigenvalue weighted by Crippen LogP contribution is -2.30. The number of amides is 1. The van der Waals surface area contributed by atoms with Gasteiger partial charge in [-0.15, -0.1) is 0 Å². The van der Waals surface area contributed by atoms with Gasteiger partial charge in [-0.3, -0.25) is 4.79 Å². The van der Waals surface area contributed by atoms with Gasteiger partial charge in [0.25, 0.3) is 5.91 Å². The van der Waals surface area contributed by atoms with E-state index in [0.29, 0.717) is 12.2 Å². The van der Waals surface area contributed by atoms with E-state index in [2.05, 4.69) is 24.8 Å². The molecule has 27 heavy (non-hydrogen) atoms. The Morgan fingerprint density at radius 2 is 1.96 bits per heavy atom. The molecule has 142 valence electrons. The zero-order valence-corrected chi connectivity index (χ0v) is 16.2. The number of H-pyrrole nitrogens is 1. The molecule has 0 saturated heterocycles. The summed E-state index contributed by atoms with van der Waals surface area (Å²) < 4.78 is 2.07. The lowest BCUT2D eigenvalue weighted by Gasteiger charge is -2.18. The Morgan fingerprint density at radius 3 is 2.67 bits per heavy atom. The second kappa shape index (κ2) is 7.34. The van der Waals surface area contributed by atoms with Gasteiger partial charge in [-0.1, -0.05) is 32.9 Å². The minimum Gasteiger partial charge on any atom is -0.351 e. The molecule has 2 aromatic heterocycles. The lowest BCUT2D eigenvalue weighted by atomic mass is 9.91. The van der Waals surface area contributed by atoms with Crippen molar-refractivity contribution >= 4 is 16.9 Å². The minimum absolute atomic E-state index is 0.145. The number of para-hydroxylation sites is 2. The van der Waals surface area contributed by atoms with Crippen LogP contribution in [0, 0.1) is 0 Å². The summed E-state index contributed by atoms with van der Waals surface area (Å²) >= 11 is 0. The van der Waals surface area contributed by atoms with Gasteiger partial charge < -0.3 is 14.9 Å². The molecule has 1 aromatic carbocycles. The van der Waals surface area contributed by atoms with Crippen LogP contribution in [0.2, 0.25) is 0 Å². The number of carbonyl (C=O) groups is 1. The molecule has 0 spiro atoms. The summed E-state index contributed by atoms with van der Waals surface area (Å²) in [6.07, 6.45) is 1.50. The molecule has 0 radical (unpaired) electrons. The average Bonchev–Trinajstić information content (AvgIpc) is 2.93. The second-order valence-electron chi connectivity index (χ2n) is 7.67. The largest absolute Gasteiger partial charge is 0.351 e. The number of aryl methyl sites for hydroxylation is 2. The van der Waals surface area contributed by atoms with Crippen LogP contribution in [0.4, 0.5) is 0 Å². The molecule has 7 nitrogen and oxygen atoms in total. The number of nitrogens with one attached hydrogen (secondary N) is 2. The smallest absolute Gasteiger partial charge is 0.345 e. The van der Waals surface area contributed by atoms with Gasteiger partial charge in [-0.05, 0) is 24.6 Å². The fourth-order valence-corrected chi connectivity index (χ4v) is 2.94. The normalized spacial score (nSPS) is 11.7. The molecule has 0 atom stereocenters. The first-order valence-corrected chi connectivity index (χ1v) is 9.06.